The number of nitrogens with zero attached hydrogens (tertiary/aromatic N) is 1. The molecule has 3 nitrogen and oxygen atoms in total. The van der Waals surface area contributed by atoms with Gasteiger partial charge in [0.25, 0.3) is 0 Å². The van der Waals surface area contributed by atoms with Crippen LogP contribution in [-0.4, -0.2) is 30.4 Å². The number of halogens is 3. The summed E-state index contributed by atoms with van der Waals surface area (Å²) in [6, 6.07) is 2.52. The van der Waals surface area contributed by atoms with Crippen LogP contribution in [0, 0.1) is 5.82 Å². The van der Waals surface area contributed by atoms with Crippen molar-refractivity contribution >= 4 is 29.1 Å². The number of likely N-dealkylation sites (tertiary alicyclic amines) is 1. The molecule has 1 N–H and O–H groups in total. The first-order valence-corrected chi connectivity index (χ1v) is 7.91. The van der Waals surface area contributed by atoms with Gasteiger partial charge in [0.05, 0.1) is 5.02 Å². The van der Waals surface area contributed by atoms with Gasteiger partial charge in [-0.25, -0.2) is 4.39 Å². The van der Waals surface area contributed by atoms with Gasteiger partial charge in [-0.1, -0.05) is 23.2 Å². The van der Waals surface area contributed by atoms with Crippen LogP contribution in [0.4, 0.5) is 4.39 Å². The summed E-state index contributed by atoms with van der Waals surface area (Å²) in [6.07, 6.45) is 2.60. The lowest BCUT2D eigenvalue weighted by atomic mass is 10.1. The highest BCUT2D eigenvalue weighted by molar-refractivity contribution is 6.36. The number of carbonyl (C=O) groups excluding carboxylic acids is 1. The molecule has 0 saturated carbocycles. The molecule has 1 aromatic rings. The van der Waals surface area contributed by atoms with Gasteiger partial charge < -0.3 is 10.2 Å². The van der Waals surface area contributed by atoms with Crippen molar-refractivity contribution < 1.29 is 9.18 Å². The Morgan fingerprint density at radius 1 is 1.38 bits per heavy atom. The molecule has 116 valence electrons. The summed E-state index contributed by atoms with van der Waals surface area (Å²) in [4.78, 5) is 13.8. The molecule has 1 unspecified atom stereocenters. The summed E-state index contributed by atoms with van der Waals surface area (Å²) < 4.78 is 13.5. The summed E-state index contributed by atoms with van der Waals surface area (Å²) in [6.45, 7) is 4.08. The minimum absolute atomic E-state index is 0.0355. The maximum atomic E-state index is 13.5. The fourth-order valence-corrected chi connectivity index (χ4v) is 3.26. The predicted molar refractivity (Wildman–Crippen MR) is 83.3 cm³/mol. The van der Waals surface area contributed by atoms with Crippen LogP contribution in [0.25, 0.3) is 0 Å². The molecule has 1 atom stereocenters. The molecule has 1 aliphatic heterocycles. The maximum Gasteiger partial charge on any atom is 0.223 e. The van der Waals surface area contributed by atoms with Gasteiger partial charge in [-0.2, -0.15) is 0 Å². The van der Waals surface area contributed by atoms with Gasteiger partial charge in [-0.05, 0) is 31.9 Å². The van der Waals surface area contributed by atoms with E-state index in [2.05, 4.69) is 5.32 Å². The van der Waals surface area contributed by atoms with Gasteiger partial charge in [-0.15, -0.1) is 0 Å². The lowest BCUT2D eigenvalue weighted by molar-refractivity contribution is -0.130. The number of rotatable bonds is 5. The number of hydrogen-bond acceptors (Lipinski definition) is 2. The van der Waals surface area contributed by atoms with Crippen molar-refractivity contribution in [3.63, 3.8) is 0 Å². The third-order valence-electron chi connectivity index (χ3n) is 3.76. The second kappa shape index (κ2) is 7.43. The van der Waals surface area contributed by atoms with Crippen LogP contribution >= 0.6 is 23.2 Å². The Bertz CT molecular complexity index is 519. The molecule has 0 bridgehead atoms. The number of amides is 1. The fraction of sp³-hybridized carbons (Fsp3) is 0.533. The van der Waals surface area contributed by atoms with E-state index in [1.165, 1.54) is 12.1 Å². The quantitative estimate of drug-likeness (QED) is 0.832. The second-order valence-corrected chi connectivity index (χ2v) is 6.06. The molecule has 6 heteroatoms. The van der Waals surface area contributed by atoms with E-state index in [9.17, 15) is 9.18 Å². The average Bonchev–Trinajstić information content (AvgIpc) is 2.97. The third kappa shape index (κ3) is 4.09. The van der Waals surface area contributed by atoms with Crippen molar-refractivity contribution in [1.82, 2.24) is 10.2 Å². The molecule has 0 aliphatic carbocycles. The van der Waals surface area contributed by atoms with Gasteiger partial charge in [0.15, 0.2) is 0 Å². The molecular weight excluding hydrogens is 314 g/mol. The van der Waals surface area contributed by atoms with E-state index in [0.717, 1.165) is 25.9 Å². The van der Waals surface area contributed by atoms with E-state index in [4.69, 9.17) is 23.2 Å². The zero-order valence-corrected chi connectivity index (χ0v) is 13.5. The highest BCUT2D eigenvalue weighted by Crippen LogP contribution is 2.32. The molecule has 1 amide bonds. The molecule has 1 fully saturated rings. The average molecular weight is 333 g/mol. The molecule has 0 aromatic heterocycles. The summed E-state index contributed by atoms with van der Waals surface area (Å²) in [5.74, 6) is -0.332. The Kier molecular flexibility index (Phi) is 5.85. The van der Waals surface area contributed by atoms with Crippen molar-refractivity contribution in [2.45, 2.75) is 32.2 Å². The first-order valence-electron chi connectivity index (χ1n) is 7.15. The maximum absolute atomic E-state index is 13.5. The smallest absolute Gasteiger partial charge is 0.223 e. The van der Waals surface area contributed by atoms with E-state index in [1.54, 1.807) is 0 Å². The van der Waals surface area contributed by atoms with E-state index < -0.39 is 5.82 Å². The number of nitrogens with one attached hydrogen (secondary N) is 1. The summed E-state index contributed by atoms with van der Waals surface area (Å²) in [5.41, 5.74) is 0.534. The van der Waals surface area contributed by atoms with Crippen LogP contribution in [-0.2, 0) is 4.79 Å². The molecule has 0 spiro atoms. The number of hydrogen-bond donors (Lipinski definition) is 1. The standard InChI is InChI=1S/C15H19Cl2FN2O/c1-10(14-11(16)4-5-12(18)15(14)17)19-7-6-13(21)20-8-2-3-9-20/h4-5,10,19H,2-3,6-9H2,1H3. The molecular formula is C15H19Cl2FN2O. The van der Waals surface area contributed by atoms with Crippen molar-refractivity contribution in [2.24, 2.45) is 0 Å². The van der Waals surface area contributed by atoms with Crippen molar-refractivity contribution in [1.29, 1.82) is 0 Å². The molecule has 1 heterocycles. The van der Waals surface area contributed by atoms with E-state index >= 15 is 0 Å². The van der Waals surface area contributed by atoms with E-state index in [-0.39, 0.29) is 17.0 Å². The van der Waals surface area contributed by atoms with Crippen LogP contribution < -0.4 is 5.32 Å². The molecule has 1 saturated heterocycles. The van der Waals surface area contributed by atoms with Gasteiger partial charge in [0.2, 0.25) is 5.91 Å². The van der Waals surface area contributed by atoms with Gasteiger partial charge in [-0.3, -0.25) is 4.79 Å². The minimum Gasteiger partial charge on any atom is -0.343 e. The Labute approximate surface area is 134 Å². The fourth-order valence-electron chi connectivity index (χ4n) is 2.56. The lowest BCUT2D eigenvalue weighted by Gasteiger charge is -2.19. The third-order valence-corrected chi connectivity index (χ3v) is 4.47. The molecule has 1 aliphatic rings. The lowest BCUT2D eigenvalue weighted by Crippen LogP contribution is -2.31. The van der Waals surface area contributed by atoms with Crippen molar-refractivity contribution in [3.05, 3.63) is 33.6 Å². The molecule has 1 aromatic carbocycles. The molecule has 21 heavy (non-hydrogen) atoms. The highest BCUT2D eigenvalue weighted by Gasteiger charge is 2.19. The minimum atomic E-state index is -0.488. The predicted octanol–water partition coefficient (Wildman–Crippen LogP) is 3.80. The van der Waals surface area contributed by atoms with Crippen LogP contribution in [0.3, 0.4) is 0 Å². The van der Waals surface area contributed by atoms with E-state index in [1.807, 2.05) is 11.8 Å². The number of benzene rings is 1. The highest BCUT2D eigenvalue weighted by atomic mass is 35.5. The zero-order chi connectivity index (χ0) is 15.4. The van der Waals surface area contributed by atoms with Gasteiger partial charge >= 0.3 is 0 Å². The SMILES string of the molecule is CC(NCCC(=O)N1CCCC1)c1c(Cl)ccc(F)c1Cl. The summed E-state index contributed by atoms with van der Waals surface area (Å²) in [5, 5.41) is 3.64. The monoisotopic (exact) mass is 332 g/mol. The van der Waals surface area contributed by atoms with Crippen LogP contribution in [0.15, 0.2) is 12.1 Å². The van der Waals surface area contributed by atoms with Crippen molar-refractivity contribution in [2.75, 3.05) is 19.6 Å². The largest absolute Gasteiger partial charge is 0.343 e. The second-order valence-electron chi connectivity index (χ2n) is 5.27. The normalized spacial score (nSPS) is 16.3. The topological polar surface area (TPSA) is 32.3 Å². The van der Waals surface area contributed by atoms with Gasteiger partial charge in [0, 0.05) is 42.7 Å². The molecule has 0 radical (unpaired) electrons. The van der Waals surface area contributed by atoms with Crippen LogP contribution in [0.1, 0.15) is 37.8 Å². The summed E-state index contributed by atoms with van der Waals surface area (Å²) in [7, 11) is 0. The Morgan fingerprint density at radius 2 is 2.05 bits per heavy atom. The zero-order valence-electron chi connectivity index (χ0n) is 12.0. The Morgan fingerprint density at radius 3 is 2.71 bits per heavy atom. The van der Waals surface area contributed by atoms with E-state index in [0.29, 0.717) is 23.6 Å². The first kappa shape index (κ1) is 16.5. The van der Waals surface area contributed by atoms with Gasteiger partial charge in [0.1, 0.15) is 5.82 Å². The molecule has 2 rings (SSSR count). The Balaban J connectivity index is 1.88. The van der Waals surface area contributed by atoms with Crippen molar-refractivity contribution in [3.8, 4) is 0 Å². The van der Waals surface area contributed by atoms with Crippen LogP contribution in [0.5, 0.6) is 0 Å². The first-order chi connectivity index (χ1) is 10.0. The Hall–Kier alpha value is -0.840. The number of carbonyl (C=O) groups is 1. The summed E-state index contributed by atoms with van der Waals surface area (Å²) >= 11 is 12.0. The van der Waals surface area contributed by atoms with Crippen LogP contribution in [0.2, 0.25) is 10.0 Å².